The standard InChI is InChI=1S/C23H20O2/c24-21-18-12-6-7-13-19(18)23(14-15-8-2-1-3-9-15)20(21)16-10-4-5-11-17(16)22(23)25/h1-13,20-22,24-25H,14H2/t20-,21-,22+,23+/m0/s1. The van der Waals surface area contributed by atoms with Gasteiger partial charge in [0.25, 0.3) is 0 Å². The molecule has 0 saturated heterocycles. The van der Waals surface area contributed by atoms with Crippen LogP contribution in [0.25, 0.3) is 0 Å². The quantitative estimate of drug-likeness (QED) is 0.745. The van der Waals surface area contributed by atoms with E-state index < -0.39 is 17.6 Å². The van der Waals surface area contributed by atoms with Crippen LogP contribution in [-0.4, -0.2) is 10.2 Å². The predicted octanol–water partition coefficient (Wildman–Crippen LogP) is 4.04. The third-order valence-electron chi connectivity index (χ3n) is 6.10. The second kappa shape index (κ2) is 5.29. The van der Waals surface area contributed by atoms with Crippen molar-refractivity contribution in [2.24, 2.45) is 0 Å². The molecule has 0 amide bonds. The molecule has 3 aromatic carbocycles. The van der Waals surface area contributed by atoms with Crippen LogP contribution in [0, 0.1) is 0 Å². The van der Waals surface area contributed by atoms with Gasteiger partial charge in [0.15, 0.2) is 0 Å². The Morgan fingerprint density at radius 1 is 0.680 bits per heavy atom. The second-order valence-electron chi connectivity index (χ2n) is 7.24. The molecule has 2 nitrogen and oxygen atoms in total. The first kappa shape index (κ1) is 14.9. The molecule has 0 aromatic heterocycles. The van der Waals surface area contributed by atoms with Gasteiger partial charge in [-0.1, -0.05) is 78.9 Å². The predicted molar refractivity (Wildman–Crippen MR) is 97.4 cm³/mol. The Kier molecular flexibility index (Phi) is 3.15. The molecule has 0 radical (unpaired) electrons. The number of hydrogen-bond acceptors (Lipinski definition) is 2. The van der Waals surface area contributed by atoms with E-state index >= 15 is 0 Å². The minimum absolute atomic E-state index is 0.115. The Morgan fingerprint density at radius 3 is 2.04 bits per heavy atom. The van der Waals surface area contributed by atoms with Gasteiger partial charge in [-0.05, 0) is 34.2 Å². The lowest BCUT2D eigenvalue weighted by atomic mass is 9.69. The zero-order valence-corrected chi connectivity index (χ0v) is 13.8. The van der Waals surface area contributed by atoms with E-state index in [-0.39, 0.29) is 5.92 Å². The number of rotatable bonds is 2. The van der Waals surface area contributed by atoms with Crippen molar-refractivity contribution >= 4 is 0 Å². The van der Waals surface area contributed by atoms with Crippen LogP contribution in [0.4, 0.5) is 0 Å². The maximum absolute atomic E-state index is 11.4. The van der Waals surface area contributed by atoms with Gasteiger partial charge in [-0.25, -0.2) is 0 Å². The first-order valence-corrected chi connectivity index (χ1v) is 8.82. The maximum atomic E-state index is 11.4. The van der Waals surface area contributed by atoms with Gasteiger partial charge in [-0.3, -0.25) is 0 Å². The Morgan fingerprint density at radius 2 is 1.28 bits per heavy atom. The van der Waals surface area contributed by atoms with Gasteiger partial charge in [0.1, 0.15) is 0 Å². The number of fused-ring (bicyclic) bond motifs is 5. The largest absolute Gasteiger partial charge is 0.388 e. The number of aliphatic hydroxyl groups is 2. The summed E-state index contributed by atoms with van der Waals surface area (Å²) in [6.07, 6.45) is -0.493. The Hall–Kier alpha value is -2.42. The molecular formula is C23H20O2. The average Bonchev–Trinajstić information content (AvgIpc) is 3.06. The van der Waals surface area contributed by atoms with E-state index in [2.05, 4.69) is 24.3 Å². The Balaban J connectivity index is 1.77. The Bertz CT molecular complexity index is 934. The van der Waals surface area contributed by atoms with Crippen molar-refractivity contribution in [1.82, 2.24) is 0 Å². The third kappa shape index (κ3) is 1.87. The van der Waals surface area contributed by atoms with E-state index in [1.807, 2.05) is 54.6 Å². The van der Waals surface area contributed by atoms with E-state index in [1.165, 1.54) is 5.56 Å². The van der Waals surface area contributed by atoms with Crippen LogP contribution in [0.5, 0.6) is 0 Å². The van der Waals surface area contributed by atoms with Gasteiger partial charge < -0.3 is 10.2 Å². The van der Waals surface area contributed by atoms with Crippen LogP contribution in [0.3, 0.4) is 0 Å². The van der Waals surface area contributed by atoms with Crippen LogP contribution < -0.4 is 0 Å². The zero-order valence-electron chi connectivity index (χ0n) is 13.8. The van der Waals surface area contributed by atoms with Crippen molar-refractivity contribution in [3.63, 3.8) is 0 Å². The molecule has 0 saturated carbocycles. The lowest BCUT2D eigenvalue weighted by Gasteiger charge is -2.35. The normalized spacial score (nSPS) is 29.1. The molecule has 4 atom stereocenters. The monoisotopic (exact) mass is 328 g/mol. The highest BCUT2D eigenvalue weighted by Gasteiger charge is 2.61. The highest BCUT2D eigenvalue weighted by atomic mass is 16.3. The summed E-state index contributed by atoms with van der Waals surface area (Å²) in [5, 5.41) is 22.6. The summed E-state index contributed by atoms with van der Waals surface area (Å²) in [5.74, 6) is -0.115. The van der Waals surface area contributed by atoms with Crippen LogP contribution in [0.1, 0.15) is 45.9 Å². The summed E-state index contributed by atoms with van der Waals surface area (Å²) in [6.45, 7) is 0. The third-order valence-corrected chi connectivity index (χ3v) is 6.10. The van der Waals surface area contributed by atoms with Gasteiger partial charge >= 0.3 is 0 Å². The molecule has 0 fully saturated rings. The molecule has 5 rings (SSSR count). The lowest BCUT2D eigenvalue weighted by Crippen LogP contribution is -2.35. The van der Waals surface area contributed by atoms with Gasteiger partial charge in [0, 0.05) is 11.3 Å². The van der Waals surface area contributed by atoms with Crippen molar-refractivity contribution in [3.8, 4) is 0 Å². The number of hydrogen-bond donors (Lipinski definition) is 2. The molecule has 0 bridgehead atoms. The van der Waals surface area contributed by atoms with E-state index in [0.717, 1.165) is 22.3 Å². The summed E-state index contributed by atoms with van der Waals surface area (Å²) >= 11 is 0. The van der Waals surface area contributed by atoms with Crippen molar-refractivity contribution in [2.45, 2.75) is 30.0 Å². The van der Waals surface area contributed by atoms with Crippen molar-refractivity contribution in [1.29, 1.82) is 0 Å². The minimum atomic E-state index is -0.618. The van der Waals surface area contributed by atoms with Crippen LogP contribution in [-0.2, 0) is 11.8 Å². The van der Waals surface area contributed by atoms with E-state index in [4.69, 9.17) is 0 Å². The average molecular weight is 328 g/mol. The van der Waals surface area contributed by atoms with Crippen LogP contribution in [0.2, 0.25) is 0 Å². The molecule has 0 aliphatic heterocycles. The fraction of sp³-hybridized carbons (Fsp3) is 0.217. The minimum Gasteiger partial charge on any atom is -0.388 e. The molecule has 0 spiro atoms. The number of aliphatic hydroxyl groups excluding tert-OH is 2. The van der Waals surface area contributed by atoms with E-state index in [0.29, 0.717) is 6.42 Å². The Labute approximate surface area is 147 Å². The van der Waals surface area contributed by atoms with Crippen molar-refractivity contribution in [2.75, 3.05) is 0 Å². The van der Waals surface area contributed by atoms with Gasteiger partial charge in [-0.15, -0.1) is 0 Å². The summed E-state index contributed by atoms with van der Waals surface area (Å²) in [7, 11) is 0. The molecular weight excluding hydrogens is 308 g/mol. The van der Waals surface area contributed by atoms with Gasteiger partial charge in [0.05, 0.1) is 12.2 Å². The lowest BCUT2D eigenvalue weighted by molar-refractivity contribution is 0.0519. The topological polar surface area (TPSA) is 40.5 Å². The fourth-order valence-corrected chi connectivity index (χ4v) is 5.13. The van der Waals surface area contributed by atoms with Crippen molar-refractivity contribution < 1.29 is 10.2 Å². The summed E-state index contributed by atoms with van der Waals surface area (Å²) in [6, 6.07) is 26.4. The smallest absolute Gasteiger partial charge is 0.0899 e. The summed E-state index contributed by atoms with van der Waals surface area (Å²) in [4.78, 5) is 0. The molecule has 2 aliphatic rings. The SMILES string of the molecule is O[C@@H]1c2ccccc2[C@H]2[C@@H](O)c3ccccc3[C@@]12Cc1ccccc1. The molecule has 124 valence electrons. The number of benzene rings is 3. The maximum Gasteiger partial charge on any atom is 0.0899 e. The highest BCUT2D eigenvalue weighted by Crippen LogP contribution is 2.66. The first-order valence-electron chi connectivity index (χ1n) is 8.82. The molecule has 0 heterocycles. The van der Waals surface area contributed by atoms with Gasteiger partial charge in [-0.2, -0.15) is 0 Å². The summed E-state index contributed by atoms with van der Waals surface area (Å²) < 4.78 is 0. The molecule has 2 N–H and O–H groups in total. The van der Waals surface area contributed by atoms with Crippen LogP contribution in [0.15, 0.2) is 78.9 Å². The second-order valence-corrected chi connectivity index (χ2v) is 7.24. The molecule has 2 heteroatoms. The molecule has 3 aromatic rings. The highest BCUT2D eigenvalue weighted by molar-refractivity contribution is 5.58. The van der Waals surface area contributed by atoms with Crippen LogP contribution >= 0.6 is 0 Å². The first-order chi connectivity index (χ1) is 12.2. The van der Waals surface area contributed by atoms with Crippen molar-refractivity contribution in [3.05, 3.63) is 107 Å². The molecule has 0 unspecified atom stereocenters. The zero-order chi connectivity index (χ0) is 17.0. The summed E-state index contributed by atoms with van der Waals surface area (Å²) in [5.41, 5.74) is 4.74. The van der Waals surface area contributed by atoms with E-state index in [9.17, 15) is 10.2 Å². The van der Waals surface area contributed by atoms with Gasteiger partial charge in [0.2, 0.25) is 0 Å². The van der Waals surface area contributed by atoms with E-state index in [1.54, 1.807) is 0 Å². The fourth-order valence-electron chi connectivity index (χ4n) is 5.13. The molecule has 25 heavy (non-hydrogen) atoms. The molecule has 2 aliphatic carbocycles.